The highest BCUT2D eigenvalue weighted by Gasteiger charge is 2.19. The molecule has 0 fully saturated rings. The molecular weight excluding hydrogens is 562 g/mol. The van der Waals surface area contributed by atoms with E-state index >= 15 is 0 Å². The fraction of sp³-hybridized carbons (Fsp3) is 0. The van der Waals surface area contributed by atoms with Gasteiger partial charge in [0.25, 0.3) is 0 Å². The second kappa shape index (κ2) is 9.62. The number of fused-ring (bicyclic) bond motifs is 8. The van der Waals surface area contributed by atoms with Crippen LogP contribution < -0.4 is 0 Å². The molecule has 0 bridgehead atoms. The molecule has 0 N–H and O–H groups in total. The van der Waals surface area contributed by atoms with Crippen LogP contribution in [0, 0.1) is 0 Å². The first kappa shape index (κ1) is 25.1. The van der Waals surface area contributed by atoms with E-state index in [4.69, 9.17) is 14.4 Å². The Hall–Kier alpha value is -6.26. The number of benzene rings is 7. The van der Waals surface area contributed by atoms with Crippen molar-refractivity contribution in [1.82, 2.24) is 14.5 Å². The number of para-hydroxylation sites is 3. The lowest BCUT2D eigenvalue weighted by Gasteiger charge is -2.14. The third-order valence-corrected chi connectivity index (χ3v) is 9.20. The average Bonchev–Trinajstić information content (AvgIpc) is 3.64. The van der Waals surface area contributed by atoms with Crippen LogP contribution in [0.5, 0.6) is 0 Å². The number of hydrogen-bond donors (Lipinski definition) is 0. The van der Waals surface area contributed by atoms with Crippen molar-refractivity contribution in [1.29, 1.82) is 0 Å². The Morgan fingerprint density at radius 3 is 2.07 bits per heavy atom. The molecule has 0 saturated carbocycles. The normalized spacial score (nSPS) is 11.9. The molecule has 4 heteroatoms. The van der Waals surface area contributed by atoms with E-state index in [9.17, 15) is 0 Å². The Bertz CT molecular complexity index is 2810. The molecule has 0 unspecified atom stereocenters. The largest absolute Gasteiger partial charge is 0.456 e. The zero-order valence-corrected chi connectivity index (χ0v) is 24.7. The lowest BCUT2D eigenvalue weighted by atomic mass is 10.0. The standard InChI is InChI=1S/C42H25N3O/c1-2-12-26(13-3-1)41-32-16-4-7-20-35(32)43-42(44-41)31-19-10-18-28-27(31)17-11-22-37(28)45-36-21-8-5-14-29(36)33-24-34-30-15-6-9-23-39(30)46-40(34)25-38(33)45/h1-25H. The monoisotopic (exact) mass is 587 g/mol. The summed E-state index contributed by atoms with van der Waals surface area (Å²) in [5.74, 6) is 0.714. The summed E-state index contributed by atoms with van der Waals surface area (Å²) in [6, 6.07) is 53.0. The number of nitrogens with zero attached hydrogens (tertiary/aromatic N) is 3. The van der Waals surface area contributed by atoms with Crippen molar-refractivity contribution in [3.63, 3.8) is 0 Å². The summed E-state index contributed by atoms with van der Waals surface area (Å²) < 4.78 is 8.74. The maximum Gasteiger partial charge on any atom is 0.161 e. The molecule has 4 nitrogen and oxygen atoms in total. The van der Waals surface area contributed by atoms with Gasteiger partial charge in [-0.05, 0) is 35.7 Å². The molecule has 0 aliphatic rings. The van der Waals surface area contributed by atoms with E-state index in [0.29, 0.717) is 5.82 Å². The summed E-state index contributed by atoms with van der Waals surface area (Å²) in [4.78, 5) is 10.3. The molecule has 3 aromatic heterocycles. The van der Waals surface area contributed by atoms with E-state index < -0.39 is 0 Å². The van der Waals surface area contributed by atoms with Crippen molar-refractivity contribution < 1.29 is 4.42 Å². The number of hydrogen-bond acceptors (Lipinski definition) is 3. The van der Waals surface area contributed by atoms with Crippen LogP contribution in [-0.2, 0) is 0 Å². The van der Waals surface area contributed by atoms with Crippen molar-refractivity contribution >= 4 is 65.4 Å². The van der Waals surface area contributed by atoms with E-state index in [1.807, 2.05) is 30.3 Å². The molecule has 46 heavy (non-hydrogen) atoms. The second-order valence-corrected chi connectivity index (χ2v) is 11.8. The smallest absolute Gasteiger partial charge is 0.161 e. The van der Waals surface area contributed by atoms with Gasteiger partial charge < -0.3 is 8.98 Å². The molecular formula is C42H25N3O. The highest BCUT2D eigenvalue weighted by molar-refractivity contribution is 6.18. The molecule has 0 spiro atoms. The van der Waals surface area contributed by atoms with E-state index in [1.54, 1.807) is 0 Å². The highest BCUT2D eigenvalue weighted by atomic mass is 16.3. The van der Waals surface area contributed by atoms with Crippen LogP contribution >= 0.6 is 0 Å². The summed E-state index contributed by atoms with van der Waals surface area (Å²) in [5.41, 5.74) is 9.10. The minimum Gasteiger partial charge on any atom is -0.456 e. The van der Waals surface area contributed by atoms with Crippen LogP contribution in [0.15, 0.2) is 156 Å². The zero-order valence-electron chi connectivity index (χ0n) is 24.7. The van der Waals surface area contributed by atoms with Crippen molar-refractivity contribution in [2.45, 2.75) is 0 Å². The third-order valence-electron chi connectivity index (χ3n) is 9.20. The maximum absolute atomic E-state index is 6.36. The maximum atomic E-state index is 6.36. The summed E-state index contributed by atoms with van der Waals surface area (Å²) in [7, 11) is 0. The molecule has 0 aliphatic carbocycles. The molecule has 10 aromatic rings. The molecule has 0 atom stereocenters. The summed E-state index contributed by atoms with van der Waals surface area (Å²) in [6.45, 7) is 0. The first-order chi connectivity index (χ1) is 22.8. The van der Waals surface area contributed by atoms with Gasteiger partial charge in [0, 0.05) is 49.5 Å². The van der Waals surface area contributed by atoms with Gasteiger partial charge in [-0.25, -0.2) is 9.97 Å². The minimum atomic E-state index is 0.714. The van der Waals surface area contributed by atoms with Gasteiger partial charge in [0.2, 0.25) is 0 Å². The Morgan fingerprint density at radius 1 is 0.435 bits per heavy atom. The van der Waals surface area contributed by atoms with Gasteiger partial charge >= 0.3 is 0 Å². The lowest BCUT2D eigenvalue weighted by Crippen LogP contribution is -1.98. The number of furan rings is 1. The van der Waals surface area contributed by atoms with Crippen molar-refractivity contribution in [2.75, 3.05) is 0 Å². The molecule has 0 radical (unpaired) electrons. The first-order valence-electron chi connectivity index (χ1n) is 15.5. The fourth-order valence-corrected chi connectivity index (χ4v) is 7.14. The van der Waals surface area contributed by atoms with E-state index in [-0.39, 0.29) is 0 Å². The third kappa shape index (κ3) is 3.61. The van der Waals surface area contributed by atoms with Crippen LogP contribution in [-0.4, -0.2) is 14.5 Å². The molecule has 0 amide bonds. The van der Waals surface area contributed by atoms with Crippen molar-refractivity contribution in [3.05, 3.63) is 152 Å². The lowest BCUT2D eigenvalue weighted by molar-refractivity contribution is 0.669. The topological polar surface area (TPSA) is 43.9 Å². The van der Waals surface area contributed by atoms with E-state index in [2.05, 4.69) is 126 Å². The zero-order chi connectivity index (χ0) is 30.2. The van der Waals surface area contributed by atoms with Gasteiger partial charge in [0.1, 0.15) is 11.2 Å². The number of aromatic nitrogens is 3. The predicted molar refractivity (Wildman–Crippen MR) is 190 cm³/mol. The minimum absolute atomic E-state index is 0.714. The quantitative estimate of drug-likeness (QED) is 0.207. The Labute approximate surface area is 263 Å². The first-order valence-corrected chi connectivity index (χ1v) is 15.5. The van der Waals surface area contributed by atoms with Crippen LogP contribution in [0.4, 0.5) is 0 Å². The molecule has 214 valence electrons. The SMILES string of the molecule is c1ccc(-c2nc(-c3cccc4c(-n5c6ccccc6c6cc7c(cc65)oc5ccccc57)cccc34)nc3ccccc23)cc1. The van der Waals surface area contributed by atoms with Crippen LogP contribution in [0.3, 0.4) is 0 Å². The van der Waals surface area contributed by atoms with Crippen LogP contribution in [0.1, 0.15) is 0 Å². The van der Waals surface area contributed by atoms with Crippen LogP contribution in [0.2, 0.25) is 0 Å². The van der Waals surface area contributed by atoms with Gasteiger partial charge in [-0.2, -0.15) is 0 Å². The molecule has 10 rings (SSSR count). The molecule has 7 aromatic carbocycles. The summed E-state index contributed by atoms with van der Waals surface area (Å²) >= 11 is 0. The van der Waals surface area contributed by atoms with Gasteiger partial charge in [-0.15, -0.1) is 0 Å². The highest BCUT2D eigenvalue weighted by Crippen LogP contribution is 2.40. The predicted octanol–water partition coefficient (Wildman–Crippen LogP) is 11.1. The van der Waals surface area contributed by atoms with E-state index in [0.717, 1.165) is 77.2 Å². The van der Waals surface area contributed by atoms with Gasteiger partial charge in [0.05, 0.1) is 27.9 Å². The van der Waals surface area contributed by atoms with Gasteiger partial charge in [-0.1, -0.05) is 115 Å². The van der Waals surface area contributed by atoms with Gasteiger partial charge in [-0.3, -0.25) is 0 Å². The van der Waals surface area contributed by atoms with Crippen LogP contribution in [0.25, 0.3) is 93.8 Å². The summed E-state index contributed by atoms with van der Waals surface area (Å²) in [6.07, 6.45) is 0. The Kier molecular flexibility index (Phi) is 5.25. The van der Waals surface area contributed by atoms with E-state index in [1.165, 1.54) is 10.8 Å². The van der Waals surface area contributed by atoms with Crippen molar-refractivity contribution in [3.8, 4) is 28.3 Å². The molecule has 3 heterocycles. The van der Waals surface area contributed by atoms with Gasteiger partial charge in [0.15, 0.2) is 5.82 Å². The molecule has 0 saturated heterocycles. The molecule has 0 aliphatic heterocycles. The average molecular weight is 588 g/mol. The number of rotatable bonds is 3. The second-order valence-electron chi connectivity index (χ2n) is 11.8. The van der Waals surface area contributed by atoms with Crippen molar-refractivity contribution in [2.24, 2.45) is 0 Å². The Balaban J connectivity index is 1.25. The summed E-state index contributed by atoms with van der Waals surface area (Å²) in [5, 5.41) is 7.96. The Morgan fingerprint density at radius 2 is 1.15 bits per heavy atom. The fourth-order valence-electron chi connectivity index (χ4n) is 7.14.